The van der Waals surface area contributed by atoms with Crippen molar-refractivity contribution in [1.82, 2.24) is 18.7 Å². The Kier molecular flexibility index (Phi) is 23.6. The Morgan fingerprint density at radius 3 is 0.434 bits per heavy atom. The number of rotatable bonds is 4. The van der Waals surface area contributed by atoms with Gasteiger partial charge < -0.3 is 0 Å². The number of terminal acetylenes is 8. The van der Waals surface area contributed by atoms with Crippen LogP contribution in [-0.2, 0) is 0 Å². The second-order valence-corrected chi connectivity index (χ2v) is 9.51. The van der Waals surface area contributed by atoms with Gasteiger partial charge in [0.05, 0.1) is 48.4 Å². The van der Waals surface area contributed by atoms with E-state index < -0.39 is 7.87 Å². The Morgan fingerprint density at radius 2 is 0.321 bits per heavy atom. The van der Waals surface area contributed by atoms with Gasteiger partial charge in [-0.1, -0.05) is 18.7 Å². The summed E-state index contributed by atoms with van der Waals surface area (Å²) >= 11 is 0. The standard InChI is InChI=1S/C48H8N4P/c1-9-17-25-33-41-49(42-34-26-18-10-2)53(50(43-35-27-19-11-3)44-36-28-20-12-4,51(45-37-29-21-13-5)46-38-30-22-14-6)52(47-39-31-23-15-7)48-40-32-24-16-8/h1-8H/q+1. The number of hydrogen-bond acceptors (Lipinski definition) is 4. The minimum atomic E-state index is -4.34. The zero-order valence-electron chi connectivity index (χ0n) is 26.9. The van der Waals surface area contributed by atoms with Gasteiger partial charge in [0.15, 0.2) is 0 Å². The van der Waals surface area contributed by atoms with Crippen LogP contribution in [0.2, 0.25) is 0 Å². The van der Waals surface area contributed by atoms with Gasteiger partial charge in [-0.15, -0.1) is 51.4 Å². The highest BCUT2D eigenvalue weighted by molar-refractivity contribution is 7.68. The Labute approximate surface area is 314 Å². The molecule has 4 nitrogen and oxygen atoms in total. The molecule has 0 fully saturated rings. The molecule has 53 heavy (non-hydrogen) atoms. The molecule has 0 N–H and O–H groups in total. The lowest BCUT2D eigenvalue weighted by atomic mass is 10.6. The average molecular weight is 672 g/mol. The van der Waals surface area contributed by atoms with Crippen molar-refractivity contribution in [3.63, 3.8) is 0 Å². The van der Waals surface area contributed by atoms with E-state index in [1.807, 2.05) is 0 Å². The van der Waals surface area contributed by atoms with Crippen LogP contribution in [0.15, 0.2) is 0 Å². The second kappa shape index (κ2) is 29.8. The van der Waals surface area contributed by atoms with E-state index >= 15 is 0 Å². The van der Waals surface area contributed by atoms with Crippen LogP contribution in [0.3, 0.4) is 0 Å². The first-order chi connectivity index (χ1) is 26.1. The summed E-state index contributed by atoms with van der Waals surface area (Å²) in [7, 11) is -4.34. The van der Waals surface area contributed by atoms with Gasteiger partial charge in [-0.2, -0.15) is 0 Å². The average Bonchev–Trinajstić information content (AvgIpc) is 3.17. The lowest BCUT2D eigenvalue weighted by Crippen LogP contribution is -2.42. The minimum Gasteiger partial charge on any atom is -0.106 e. The van der Waals surface area contributed by atoms with Gasteiger partial charge in [0.25, 0.3) is 0 Å². The smallest absolute Gasteiger partial charge is 0.106 e. The Balaban J connectivity index is 9.92. The first-order valence-corrected chi connectivity index (χ1v) is 14.5. The highest BCUT2D eigenvalue weighted by Crippen LogP contribution is 2.68. The molecule has 0 heterocycles. The van der Waals surface area contributed by atoms with Crippen LogP contribution in [0.1, 0.15) is 0 Å². The van der Waals surface area contributed by atoms with Gasteiger partial charge in [-0.25, -0.2) is 0 Å². The van der Waals surface area contributed by atoms with E-state index in [9.17, 15) is 0 Å². The van der Waals surface area contributed by atoms with Crippen molar-refractivity contribution in [2.45, 2.75) is 0 Å². The summed E-state index contributed by atoms with van der Waals surface area (Å²) in [6.07, 6.45) is 42.5. The third kappa shape index (κ3) is 16.8. The van der Waals surface area contributed by atoms with Gasteiger partial charge in [-0.3, -0.25) is 0 Å². The van der Waals surface area contributed by atoms with Gasteiger partial charge in [0, 0.05) is 94.7 Å². The van der Waals surface area contributed by atoms with E-state index in [0.29, 0.717) is 0 Å². The van der Waals surface area contributed by atoms with Crippen molar-refractivity contribution >= 4 is 7.87 Å². The van der Waals surface area contributed by atoms with E-state index in [4.69, 9.17) is 51.4 Å². The Morgan fingerprint density at radius 1 is 0.189 bits per heavy atom. The molecule has 0 saturated heterocycles. The topological polar surface area (TPSA) is 13.0 Å². The maximum Gasteiger partial charge on any atom is 0.484 e. The zero-order chi connectivity index (χ0) is 39.1. The zero-order valence-corrected chi connectivity index (χ0v) is 27.7. The molecule has 0 amide bonds. The van der Waals surface area contributed by atoms with Gasteiger partial charge in [0.2, 0.25) is 0 Å². The molecule has 0 saturated carbocycles. The minimum absolute atomic E-state index is 1.08. The quantitative estimate of drug-likeness (QED) is 0.248. The van der Waals surface area contributed by atoms with Crippen LogP contribution in [0.4, 0.5) is 0 Å². The van der Waals surface area contributed by atoms with Gasteiger partial charge in [-0.05, 0) is 94.7 Å². The maximum atomic E-state index is 5.31. The predicted octanol–water partition coefficient (Wildman–Crippen LogP) is 0.652. The second-order valence-electron chi connectivity index (χ2n) is 6.83. The molecular weight excluding hydrogens is 664 g/mol. The molecule has 0 bridgehead atoms. The Bertz CT molecular complexity index is 2340. The van der Waals surface area contributed by atoms with Crippen molar-refractivity contribution in [1.29, 1.82) is 0 Å². The van der Waals surface area contributed by atoms with Crippen LogP contribution in [-0.4, -0.2) is 18.7 Å². The fourth-order valence-electron chi connectivity index (χ4n) is 2.37. The van der Waals surface area contributed by atoms with E-state index in [1.54, 1.807) is 0 Å². The highest BCUT2D eigenvalue weighted by Gasteiger charge is 2.64. The molecule has 0 rings (SSSR count). The third-order valence-corrected chi connectivity index (χ3v) is 6.89. The molecular formula is C48H8N4P+. The molecule has 0 aliphatic carbocycles. The molecule has 0 aromatic rings. The van der Waals surface area contributed by atoms with Crippen molar-refractivity contribution in [2.24, 2.45) is 0 Å². The fourth-order valence-corrected chi connectivity index (χ4v) is 4.92. The molecule has 5 heteroatoms. The monoisotopic (exact) mass is 671 g/mol. The third-order valence-electron chi connectivity index (χ3n) is 3.95. The lowest BCUT2D eigenvalue weighted by Gasteiger charge is -2.35. The van der Waals surface area contributed by atoms with Crippen molar-refractivity contribution in [3.05, 3.63) is 0 Å². The summed E-state index contributed by atoms with van der Waals surface area (Å²) in [5, 5.41) is 0. The highest BCUT2D eigenvalue weighted by atomic mass is 31.2. The van der Waals surface area contributed by atoms with E-state index in [1.165, 1.54) is 0 Å². The molecule has 0 radical (unpaired) electrons. The predicted molar refractivity (Wildman–Crippen MR) is 209 cm³/mol. The van der Waals surface area contributed by atoms with Gasteiger partial charge >= 0.3 is 7.87 Å². The first-order valence-electron chi connectivity index (χ1n) is 12.9. The number of hydrogen-bond donors (Lipinski definition) is 0. The molecule has 0 aromatic carbocycles. The normalized spacial score (nSPS) is 5.43. The van der Waals surface area contributed by atoms with Crippen molar-refractivity contribution in [3.8, 4) is 289 Å². The van der Waals surface area contributed by atoms with Crippen LogP contribution < -0.4 is 0 Å². The molecule has 0 aliphatic heterocycles. The van der Waals surface area contributed by atoms with Crippen molar-refractivity contribution in [2.75, 3.05) is 0 Å². The summed E-state index contributed by atoms with van der Waals surface area (Å²) < 4.78 is 4.31. The van der Waals surface area contributed by atoms with Crippen LogP contribution in [0.5, 0.6) is 0 Å². The van der Waals surface area contributed by atoms with Crippen LogP contribution in [0.25, 0.3) is 0 Å². The molecule has 0 unspecified atom stereocenters. The summed E-state index contributed by atoms with van der Waals surface area (Å²) in [5.74, 6) is 76.4. The summed E-state index contributed by atoms with van der Waals surface area (Å²) in [4.78, 5) is 0. The fraction of sp³-hybridized carbons (Fsp3) is 0. The van der Waals surface area contributed by atoms with Crippen LogP contribution >= 0.6 is 7.87 Å². The number of nitrogens with zero attached hydrogens (tertiary/aromatic N) is 4. The van der Waals surface area contributed by atoms with Gasteiger partial charge in [0.1, 0.15) is 0 Å². The lowest BCUT2D eigenvalue weighted by molar-refractivity contribution is 0.583. The van der Waals surface area contributed by atoms with E-state index in [0.717, 1.165) is 18.7 Å². The van der Waals surface area contributed by atoms with Crippen LogP contribution in [0, 0.1) is 289 Å². The first kappa shape index (κ1) is 42.1. The maximum absolute atomic E-state index is 5.31. The summed E-state index contributed by atoms with van der Waals surface area (Å²) in [6, 6.07) is 22.0. The molecule has 0 aromatic heterocycles. The molecule has 0 spiro atoms. The summed E-state index contributed by atoms with van der Waals surface area (Å²) in [5.41, 5.74) is 0. The molecule has 0 aliphatic rings. The van der Waals surface area contributed by atoms with Crippen molar-refractivity contribution < 1.29 is 0 Å². The molecule has 224 valence electrons. The molecule has 0 atom stereocenters. The largest absolute Gasteiger partial charge is 0.484 e. The summed E-state index contributed by atoms with van der Waals surface area (Å²) in [6.45, 7) is 0. The Hall–Kier alpha value is -10.9. The van der Waals surface area contributed by atoms with E-state index in [2.05, 4.69) is 238 Å². The van der Waals surface area contributed by atoms with E-state index in [-0.39, 0.29) is 0 Å². The SMILES string of the molecule is C#CC#CC#CN(C#CC#CC#C)[P+](N(C#CC#CC#C)C#CC#CC#C)(N(C#CC#CC#C)C#CC#CC#C)N(C#CC#CC#C)C#CC#CC#C.